The number of hydrogen-bond acceptors (Lipinski definition) is 4. The lowest BCUT2D eigenvalue weighted by Crippen LogP contribution is -2.44. The summed E-state index contributed by atoms with van der Waals surface area (Å²) >= 11 is 18.7. The summed E-state index contributed by atoms with van der Waals surface area (Å²) in [4.78, 5) is 28.0. The summed E-state index contributed by atoms with van der Waals surface area (Å²) in [5.41, 5.74) is 1.24. The second-order valence-electron chi connectivity index (χ2n) is 7.23. The highest BCUT2D eigenvalue weighted by Gasteiger charge is 2.63. The van der Waals surface area contributed by atoms with E-state index in [1.54, 1.807) is 18.2 Å². The van der Waals surface area contributed by atoms with E-state index in [2.05, 4.69) is 5.01 Å². The first-order valence-corrected chi connectivity index (χ1v) is 10.2. The Morgan fingerprint density at radius 2 is 1.39 bits per heavy atom. The molecule has 5 nitrogen and oxygen atoms in total. The summed E-state index contributed by atoms with van der Waals surface area (Å²) in [6.07, 6.45) is 0.946. The number of benzene rings is 2. The summed E-state index contributed by atoms with van der Waals surface area (Å²) in [6.45, 7) is 1.56. The summed E-state index contributed by atoms with van der Waals surface area (Å²) in [7, 11) is 0. The van der Waals surface area contributed by atoms with Crippen LogP contribution in [-0.4, -0.2) is 41.0 Å². The van der Waals surface area contributed by atoms with Gasteiger partial charge in [-0.15, -0.1) is 0 Å². The number of imide groups is 1. The van der Waals surface area contributed by atoms with Crippen molar-refractivity contribution in [2.45, 2.75) is 18.5 Å². The molecule has 0 bridgehead atoms. The molecule has 0 aromatic heterocycles. The molecule has 5 rings (SSSR count). The Kier molecular flexibility index (Phi) is 4.41. The average molecular weight is 437 g/mol. The number of nitrogens with zero attached hydrogens (tertiary/aromatic N) is 3. The van der Waals surface area contributed by atoms with Crippen LogP contribution in [-0.2, 0) is 9.59 Å². The number of rotatable bonds is 2. The molecule has 144 valence electrons. The maximum atomic E-state index is 13.5. The topological polar surface area (TPSA) is 43.9 Å². The van der Waals surface area contributed by atoms with Crippen LogP contribution in [0.5, 0.6) is 0 Å². The molecular weight excluding hydrogens is 421 g/mol. The smallest absolute Gasteiger partial charge is 0.253 e. The van der Waals surface area contributed by atoms with Crippen LogP contribution in [0.25, 0.3) is 0 Å². The van der Waals surface area contributed by atoms with Crippen molar-refractivity contribution in [3.63, 3.8) is 0 Å². The van der Waals surface area contributed by atoms with Gasteiger partial charge in [0.05, 0.1) is 27.7 Å². The molecule has 3 unspecified atom stereocenters. The van der Waals surface area contributed by atoms with E-state index in [4.69, 9.17) is 34.8 Å². The molecule has 2 aromatic rings. The van der Waals surface area contributed by atoms with Crippen molar-refractivity contribution in [2.75, 3.05) is 18.0 Å². The van der Waals surface area contributed by atoms with Crippen molar-refractivity contribution in [2.24, 2.45) is 5.92 Å². The molecule has 3 atom stereocenters. The van der Waals surface area contributed by atoms with Gasteiger partial charge in [0.1, 0.15) is 6.04 Å². The van der Waals surface area contributed by atoms with E-state index < -0.39 is 12.0 Å². The average Bonchev–Trinajstić information content (AvgIpc) is 3.30. The zero-order valence-corrected chi connectivity index (χ0v) is 17.0. The number of amides is 2. The van der Waals surface area contributed by atoms with E-state index in [-0.39, 0.29) is 33.6 Å². The molecule has 0 radical (unpaired) electrons. The lowest BCUT2D eigenvalue weighted by atomic mass is 9.90. The first-order chi connectivity index (χ1) is 13.5. The number of carbonyl (C=O) groups is 2. The van der Waals surface area contributed by atoms with Gasteiger partial charge in [-0.2, -0.15) is 0 Å². The van der Waals surface area contributed by atoms with Gasteiger partial charge in [-0.1, -0.05) is 53.0 Å². The molecule has 3 aliphatic heterocycles. The minimum Gasteiger partial charge on any atom is -0.274 e. The van der Waals surface area contributed by atoms with Crippen LogP contribution in [0.15, 0.2) is 42.5 Å². The molecule has 28 heavy (non-hydrogen) atoms. The van der Waals surface area contributed by atoms with E-state index in [1.807, 2.05) is 29.3 Å². The molecule has 0 N–H and O–H groups in total. The zero-order valence-electron chi connectivity index (χ0n) is 14.7. The van der Waals surface area contributed by atoms with E-state index in [0.29, 0.717) is 5.02 Å². The minimum atomic E-state index is -0.539. The zero-order chi connectivity index (χ0) is 19.6. The fourth-order valence-electron chi connectivity index (χ4n) is 4.70. The molecule has 0 saturated carbocycles. The Bertz CT molecular complexity index is 961. The van der Waals surface area contributed by atoms with Gasteiger partial charge in [-0.05, 0) is 36.2 Å². The van der Waals surface area contributed by atoms with Crippen LogP contribution in [0.3, 0.4) is 0 Å². The second kappa shape index (κ2) is 6.71. The largest absolute Gasteiger partial charge is 0.274 e. The van der Waals surface area contributed by atoms with Crippen molar-refractivity contribution >= 4 is 52.3 Å². The quantitative estimate of drug-likeness (QED) is 0.663. The van der Waals surface area contributed by atoms with Crippen molar-refractivity contribution < 1.29 is 9.59 Å². The van der Waals surface area contributed by atoms with Crippen LogP contribution >= 0.6 is 34.8 Å². The van der Waals surface area contributed by atoms with E-state index in [1.165, 1.54) is 4.90 Å². The highest BCUT2D eigenvalue weighted by atomic mass is 35.5. The highest BCUT2D eigenvalue weighted by molar-refractivity contribution is 6.42. The van der Waals surface area contributed by atoms with Crippen molar-refractivity contribution in [3.8, 4) is 0 Å². The normalized spacial score (nSPS) is 27.5. The number of hydrogen-bond donors (Lipinski definition) is 0. The van der Waals surface area contributed by atoms with Crippen molar-refractivity contribution in [3.05, 3.63) is 63.1 Å². The van der Waals surface area contributed by atoms with Crippen LogP contribution in [0.4, 0.5) is 5.69 Å². The third-order valence-corrected chi connectivity index (χ3v) is 6.64. The molecule has 3 fully saturated rings. The van der Waals surface area contributed by atoms with Gasteiger partial charge >= 0.3 is 0 Å². The SMILES string of the molecule is O=C1C2C(C(=O)N1c1c(Cl)cccc1Cl)N1CCCN1C2c1ccc(Cl)cc1. The predicted molar refractivity (Wildman–Crippen MR) is 108 cm³/mol. The maximum absolute atomic E-state index is 13.5. The number of fused-ring (bicyclic) bond motifs is 3. The van der Waals surface area contributed by atoms with Crippen molar-refractivity contribution in [1.82, 2.24) is 10.0 Å². The number of anilines is 1. The molecule has 3 aliphatic rings. The van der Waals surface area contributed by atoms with Gasteiger partial charge in [-0.3, -0.25) is 9.59 Å². The van der Waals surface area contributed by atoms with Crippen molar-refractivity contribution in [1.29, 1.82) is 0 Å². The van der Waals surface area contributed by atoms with Gasteiger partial charge in [0.15, 0.2) is 0 Å². The van der Waals surface area contributed by atoms with Crippen LogP contribution in [0.1, 0.15) is 18.0 Å². The molecule has 3 saturated heterocycles. The Morgan fingerprint density at radius 3 is 2.04 bits per heavy atom. The van der Waals surface area contributed by atoms with Gasteiger partial charge in [0.2, 0.25) is 5.91 Å². The number of halogens is 3. The summed E-state index contributed by atoms with van der Waals surface area (Å²) in [5, 5.41) is 5.40. The predicted octanol–water partition coefficient (Wildman–Crippen LogP) is 4.18. The number of hydrazine groups is 1. The second-order valence-corrected chi connectivity index (χ2v) is 8.48. The monoisotopic (exact) mass is 435 g/mol. The molecule has 2 amide bonds. The Morgan fingerprint density at radius 1 is 0.786 bits per heavy atom. The summed E-state index contributed by atoms with van der Waals surface area (Å²) < 4.78 is 0. The lowest BCUT2D eigenvalue weighted by Gasteiger charge is -2.30. The third kappa shape index (κ3) is 2.54. The molecule has 2 aromatic carbocycles. The number of carbonyl (C=O) groups excluding carboxylic acids is 2. The van der Waals surface area contributed by atoms with Gasteiger partial charge in [-0.25, -0.2) is 14.9 Å². The number of para-hydroxylation sites is 1. The minimum absolute atomic E-state index is 0.215. The molecular formula is C20H16Cl3N3O2. The van der Waals surface area contributed by atoms with E-state index >= 15 is 0 Å². The van der Waals surface area contributed by atoms with Crippen LogP contribution in [0.2, 0.25) is 15.1 Å². The lowest BCUT2D eigenvalue weighted by molar-refractivity contribution is -0.126. The standard InChI is InChI=1S/C20H16Cl3N3O2/c21-12-7-5-11(6-8-12)16-15-18(25-10-2-9-24(16)25)20(28)26(19(15)27)17-13(22)3-1-4-14(17)23/h1,3-8,15-16,18H,2,9-10H2. The van der Waals surface area contributed by atoms with Crippen LogP contribution in [0, 0.1) is 5.92 Å². The maximum Gasteiger partial charge on any atom is 0.253 e. The Balaban J connectivity index is 1.62. The summed E-state index contributed by atoms with van der Waals surface area (Å²) in [5.74, 6) is -1.05. The van der Waals surface area contributed by atoms with E-state index in [0.717, 1.165) is 25.1 Å². The first-order valence-electron chi connectivity index (χ1n) is 9.09. The first kappa shape index (κ1) is 18.4. The highest BCUT2D eigenvalue weighted by Crippen LogP contribution is 2.50. The molecule has 3 heterocycles. The molecule has 8 heteroatoms. The van der Waals surface area contributed by atoms with E-state index in [9.17, 15) is 9.59 Å². The van der Waals surface area contributed by atoms with Crippen LogP contribution < -0.4 is 4.90 Å². The Labute approximate surface area is 177 Å². The van der Waals surface area contributed by atoms with Gasteiger partial charge in [0, 0.05) is 18.1 Å². The fraction of sp³-hybridized carbons (Fsp3) is 0.300. The van der Waals surface area contributed by atoms with Gasteiger partial charge < -0.3 is 0 Å². The summed E-state index contributed by atoms with van der Waals surface area (Å²) in [6, 6.07) is 11.7. The Hall–Kier alpha value is -1.63. The van der Waals surface area contributed by atoms with Gasteiger partial charge in [0.25, 0.3) is 5.91 Å². The molecule has 0 aliphatic carbocycles. The molecule has 0 spiro atoms. The fourth-order valence-corrected chi connectivity index (χ4v) is 5.39. The third-order valence-electron chi connectivity index (χ3n) is 5.78.